The zero-order chi connectivity index (χ0) is 21.8. The molecule has 0 unspecified atom stereocenters. The lowest BCUT2D eigenvalue weighted by molar-refractivity contribution is -0.121. The molecule has 4 rings (SSSR count). The van der Waals surface area contributed by atoms with Crippen LogP contribution in [0.15, 0.2) is 80.7 Å². The average Bonchev–Trinajstić information content (AvgIpc) is 3.25. The van der Waals surface area contributed by atoms with Crippen LogP contribution in [-0.2, 0) is 17.9 Å². The van der Waals surface area contributed by atoms with Crippen molar-refractivity contribution in [3.05, 3.63) is 92.8 Å². The summed E-state index contributed by atoms with van der Waals surface area (Å²) in [5.41, 5.74) is 2.78. The van der Waals surface area contributed by atoms with Crippen molar-refractivity contribution in [2.45, 2.75) is 20.0 Å². The van der Waals surface area contributed by atoms with Gasteiger partial charge in [0.1, 0.15) is 12.1 Å². The number of hydrogen-bond acceptors (Lipinski definition) is 5. The van der Waals surface area contributed by atoms with Crippen molar-refractivity contribution >= 4 is 21.8 Å². The van der Waals surface area contributed by atoms with Gasteiger partial charge in [0, 0.05) is 22.8 Å². The zero-order valence-corrected chi connectivity index (χ0v) is 18.3. The van der Waals surface area contributed by atoms with Gasteiger partial charge in [0.2, 0.25) is 11.7 Å². The second-order valence-electron chi connectivity index (χ2n) is 7.05. The van der Waals surface area contributed by atoms with Gasteiger partial charge in [-0.25, -0.2) is 0 Å². The second-order valence-corrected chi connectivity index (χ2v) is 7.96. The fraction of sp³-hybridized carbons (Fsp3) is 0.130. The minimum Gasteiger partial charge on any atom is -0.350 e. The summed E-state index contributed by atoms with van der Waals surface area (Å²) in [5.74, 6) is 0.228. The van der Waals surface area contributed by atoms with Crippen LogP contribution in [0.1, 0.15) is 11.1 Å². The molecule has 0 saturated carbocycles. The molecule has 2 aromatic heterocycles. The molecule has 0 aliphatic carbocycles. The number of rotatable bonds is 6. The van der Waals surface area contributed by atoms with E-state index in [2.05, 4.69) is 31.4 Å². The molecule has 0 aliphatic heterocycles. The highest BCUT2D eigenvalue weighted by molar-refractivity contribution is 9.10. The van der Waals surface area contributed by atoms with E-state index >= 15 is 0 Å². The molecule has 8 heteroatoms. The first-order chi connectivity index (χ1) is 15.0. The number of halogens is 1. The number of aromatic nitrogens is 3. The molecule has 0 atom stereocenters. The lowest BCUT2D eigenvalue weighted by Crippen LogP contribution is -2.32. The fourth-order valence-corrected chi connectivity index (χ4v) is 3.25. The Kier molecular flexibility index (Phi) is 6.08. The Hall–Kier alpha value is -3.52. The smallest absolute Gasteiger partial charge is 0.263 e. The Morgan fingerprint density at radius 2 is 1.84 bits per heavy atom. The zero-order valence-electron chi connectivity index (χ0n) is 16.7. The van der Waals surface area contributed by atoms with Gasteiger partial charge < -0.3 is 14.4 Å². The van der Waals surface area contributed by atoms with Gasteiger partial charge in [-0.05, 0) is 48.9 Å². The third-order valence-corrected chi connectivity index (χ3v) is 5.23. The molecule has 31 heavy (non-hydrogen) atoms. The van der Waals surface area contributed by atoms with Crippen LogP contribution in [-0.4, -0.2) is 20.6 Å². The van der Waals surface area contributed by atoms with Crippen LogP contribution < -0.4 is 10.9 Å². The predicted octanol–water partition coefficient (Wildman–Crippen LogP) is 3.95. The van der Waals surface area contributed by atoms with Crippen molar-refractivity contribution in [3.8, 4) is 22.8 Å². The lowest BCUT2D eigenvalue weighted by Gasteiger charge is -2.08. The molecule has 156 valence electrons. The highest BCUT2D eigenvalue weighted by atomic mass is 79.9. The lowest BCUT2D eigenvalue weighted by atomic mass is 10.1. The van der Waals surface area contributed by atoms with E-state index in [-0.39, 0.29) is 29.5 Å². The Morgan fingerprint density at radius 1 is 1.10 bits per heavy atom. The van der Waals surface area contributed by atoms with Gasteiger partial charge in [0.05, 0.1) is 0 Å². The number of nitrogens with zero attached hydrogens (tertiary/aromatic N) is 3. The molecular weight excluding hydrogens is 460 g/mol. The van der Waals surface area contributed by atoms with E-state index < -0.39 is 0 Å². The van der Waals surface area contributed by atoms with E-state index in [0.717, 1.165) is 21.2 Å². The van der Waals surface area contributed by atoms with Crippen molar-refractivity contribution in [3.63, 3.8) is 0 Å². The summed E-state index contributed by atoms with van der Waals surface area (Å²) in [4.78, 5) is 29.5. The number of nitrogens with one attached hydrogen (secondary N) is 1. The third kappa shape index (κ3) is 4.97. The highest BCUT2D eigenvalue weighted by Crippen LogP contribution is 2.21. The summed E-state index contributed by atoms with van der Waals surface area (Å²) in [5, 5.41) is 6.79. The molecule has 0 fully saturated rings. The maximum absolute atomic E-state index is 12.9. The maximum Gasteiger partial charge on any atom is 0.263 e. The predicted molar refractivity (Wildman–Crippen MR) is 120 cm³/mol. The SMILES string of the molecule is Cc1ccc(CNC(=O)Cn2cccc(-c3nc(-c4ccc(Br)cc4)no3)c2=O)cc1. The van der Waals surface area contributed by atoms with Crippen LogP contribution >= 0.6 is 15.9 Å². The van der Waals surface area contributed by atoms with Crippen LogP contribution in [0.3, 0.4) is 0 Å². The van der Waals surface area contributed by atoms with Crippen LogP contribution in [0.4, 0.5) is 0 Å². The topological polar surface area (TPSA) is 90.0 Å². The van der Waals surface area contributed by atoms with E-state index in [1.807, 2.05) is 55.5 Å². The Labute approximate surface area is 186 Å². The van der Waals surface area contributed by atoms with Crippen LogP contribution in [0, 0.1) is 6.92 Å². The van der Waals surface area contributed by atoms with Gasteiger partial charge >= 0.3 is 0 Å². The second kappa shape index (κ2) is 9.09. The number of benzene rings is 2. The third-order valence-electron chi connectivity index (χ3n) is 4.70. The quantitative estimate of drug-likeness (QED) is 0.453. The van der Waals surface area contributed by atoms with Gasteiger partial charge in [0.25, 0.3) is 11.4 Å². The molecule has 0 bridgehead atoms. The maximum atomic E-state index is 12.9. The minimum absolute atomic E-state index is 0.105. The van der Waals surface area contributed by atoms with Crippen molar-refractivity contribution in [1.82, 2.24) is 20.0 Å². The minimum atomic E-state index is -0.376. The van der Waals surface area contributed by atoms with Gasteiger partial charge in [-0.15, -0.1) is 0 Å². The van der Waals surface area contributed by atoms with Gasteiger partial charge in [-0.2, -0.15) is 4.98 Å². The summed E-state index contributed by atoms with van der Waals surface area (Å²) in [7, 11) is 0. The number of carbonyl (C=O) groups is 1. The van der Waals surface area contributed by atoms with E-state index in [4.69, 9.17) is 4.52 Å². The first-order valence-electron chi connectivity index (χ1n) is 9.61. The molecule has 0 aliphatic rings. The Balaban J connectivity index is 1.48. The van der Waals surface area contributed by atoms with E-state index in [1.165, 1.54) is 4.57 Å². The molecule has 2 aromatic carbocycles. The molecule has 0 radical (unpaired) electrons. The van der Waals surface area contributed by atoms with Crippen molar-refractivity contribution in [1.29, 1.82) is 0 Å². The molecule has 7 nitrogen and oxygen atoms in total. The number of amides is 1. The monoisotopic (exact) mass is 478 g/mol. The summed E-state index contributed by atoms with van der Waals surface area (Å²) in [6.45, 7) is 2.30. The average molecular weight is 479 g/mol. The van der Waals surface area contributed by atoms with Crippen molar-refractivity contribution < 1.29 is 9.32 Å². The van der Waals surface area contributed by atoms with Crippen molar-refractivity contribution in [2.75, 3.05) is 0 Å². The largest absolute Gasteiger partial charge is 0.350 e. The summed E-state index contributed by atoms with van der Waals surface area (Å²) < 4.78 is 7.56. The summed E-state index contributed by atoms with van der Waals surface area (Å²) >= 11 is 3.38. The summed E-state index contributed by atoms with van der Waals surface area (Å²) in [6.07, 6.45) is 1.56. The standard InChI is InChI=1S/C23H19BrN4O3/c1-15-4-6-16(7-5-15)13-25-20(29)14-28-12-2-3-19(23(28)30)22-26-21(27-31-22)17-8-10-18(24)11-9-17/h2-12H,13-14H2,1H3,(H,25,29). The van der Waals surface area contributed by atoms with E-state index in [9.17, 15) is 9.59 Å². The molecule has 1 amide bonds. The number of hydrogen-bond donors (Lipinski definition) is 1. The van der Waals surface area contributed by atoms with Crippen molar-refractivity contribution in [2.24, 2.45) is 0 Å². The Bertz CT molecular complexity index is 1260. The molecule has 1 N–H and O–H groups in total. The van der Waals surface area contributed by atoms with Crippen LogP contribution in [0.5, 0.6) is 0 Å². The molecule has 2 heterocycles. The molecular formula is C23H19BrN4O3. The van der Waals surface area contributed by atoms with Gasteiger partial charge in [-0.1, -0.05) is 50.9 Å². The fourth-order valence-electron chi connectivity index (χ4n) is 2.99. The van der Waals surface area contributed by atoms with Gasteiger partial charge in [0.15, 0.2) is 0 Å². The summed E-state index contributed by atoms with van der Waals surface area (Å²) in [6, 6.07) is 18.6. The normalized spacial score (nSPS) is 10.8. The van der Waals surface area contributed by atoms with Gasteiger partial charge in [-0.3, -0.25) is 9.59 Å². The number of pyridine rings is 1. The van der Waals surface area contributed by atoms with Crippen LogP contribution in [0.25, 0.3) is 22.8 Å². The Morgan fingerprint density at radius 3 is 2.58 bits per heavy atom. The molecule has 0 saturated heterocycles. The van der Waals surface area contributed by atoms with E-state index in [1.54, 1.807) is 18.3 Å². The first kappa shape index (κ1) is 20.7. The number of carbonyl (C=O) groups excluding carboxylic acids is 1. The molecule has 4 aromatic rings. The first-order valence-corrected chi connectivity index (χ1v) is 10.4. The van der Waals surface area contributed by atoms with Crippen LogP contribution in [0.2, 0.25) is 0 Å². The van der Waals surface area contributed by atoms with E-state index in [0.29, 0.717) is 12.4 Å². The highest BCUT2D eigenvalue weighted by Gasteiger charge is 2.16. The molecule has 0 spiro atoms. The number of aryl methyl sites for hydroxylation is 1.